The summed E-state index contributed by atoms with van der Waals surface area (Å²) < 4.78 is 5.20. The number of rotatable bonds is 3. The Morgan fingerprint density at radius 3 is 2.80 bits per heavy atom. The number of methoxy groups -OCH3 is 1. The van der Waals surface area contributed by atoms with Gasteiger partial charge in [0.25, 0.3) is 0 Å². The molecule has 0 bridgehead atoms. The second kappa shape index (κ2) is 5.46. The first-order valence-corrected chi connectivity index (χ1v) is 6.42. The molecule has 0 aliphatic carbocycles. The normalized spacial score (nSPS) is 18.4. The number of nitro groups is 1. The number of carbonyl (C=O) groups is 1. The van der Waals surface area contributed by atoms with E-state index in [9.17, 15) is 14.9 Å². The fraction of sp³-hybridized carbons (Fsp3) is 0.462. The number of anilines is 1. The van der Waals surface area contributed by atoms with Gasteiger partial charge in [0, 0.05) is 18.2 Å². The van der Waals surface area contributed by atoms with E-state index >= 15 is 0 Å². The van der Waals surface area contributed by atoms with Crippen molar-refractivity contribution < 1.29 is 14.5 Å². The molecule has 1 atom stereocenters. The molecule has 1 aliphatic heterocycles. The number of benzene rings is 1. The van der Waals surface area contributed by atoms with Crippen LogP contribution >= 0.6 is 0 Å². The van der Waals surface area contributed by atoms with E-state index in [1.54, 1.807) is 11.0 Å². The highest BCUT2D eigenvalue weighted by Crippen LogP contribution is 2.39. The number of nitrogens with zero attached hydrogens (tertiary/aromatic N) is 2. The van der Waals surface area contributed by atoms with Crippen LogP contribution in [0.3, 0.4) is 0 Å². The number of hydrogen-bond donors (Lipinski definition) is 1. The average molecular weight is 279 g/mol. The Bertz CT molecular complexity index is 559. The molecule has 0 aromatic heterocycles. The first-order valence-electron chi connectivity index (χ1n) is 6.42. The number of nitro benzene ring substituents is 1. The number of nitrogens with two attached hydrogens (primary N) is 1. The lowest BCUT2D eigenvalue weighted by Crippen LogP contribution is -2.42. The minimum Gasteiger partial charge on any atom is -0.490 e. The molecule has 20 heavy (non-hydrogen) atoms. The highest BCUT2D eigenvalue weighted by Gasteiger charge is 2.31. The molecule has 0 spiro atoms. The van der Waals surface area contributed by atoms with Crippen molar-refractivity contribution in [3.8, 4) is 5.75 Å². The van der Waals surface area contributed by atoms with Crippen LogP contribution < -0.4 is 15.4 Å². The van der Waals surface area contributed by atoms with Gasteiger partial charge in [-0.3, -0.25) is 14.9 Å². The Labute approximate surface area is 116 Å². The van der Waals surface area contributed by atoms with Gasteiger partial charge in [-0.15, -0.1) is 0 Å². The smallest absolute Gasteiger partial charge is 0.311 e. The van der Waals surface area contributed by atoms with Crippen LogP contribution in [0.25, 0.3) is 0 Å². The second-order valence-corrected chi connectivity index (χ2v) is 4.60. The van der Waals surface area contributed by atoms with Crippen molar-refractivity contribution in [2.24, 2.45) is 5.73 Å². The lowest BCUT2D eigenvalue weighted by Gasteiger charge is -2.23. The maximum atomic E-state index is 12.2. The van der Waals surface area contributed by atoms with Gasteiger partial charge in [0.1, 0.15) is 0 Å². The van der Waals surface area contributed by atoms with Gasteiger partial charge in [-0.25, -0.2) is 0 Å². The largest absolute Gasteiger partial charge is 0.490 e. The predicted molar refractivity (Wildman–Crippen MR) is 74.0 cm³/mol. The average Bonchev–Trinajstić information content (AvgIpc) is 2.55. The first kappa shape index (κ1) is 14.3. The van der Waals surface area contributed by atoms with Gasteiger partial charge < -0.3 is 15.4 Å². The van der Waals surface area contributed by atoms with Gasteiger partial charge in [0.2, 0.25) is 11.7 Å². The van der Waals surface area contributed by atoms with Gasteiger partial charge in [-0.1, -0.05) is 0 Å². The molecule has 7 nitrogen and oxygen atoms in total. The number of likely N-dealkylation sites (N-methyl/N-ethyl adjacent to an activating group) is 1. The molecular weight excluding hydrogens is 262 g/mol. The summed E-state index contributed by atoms with van der Waals surface area (Å²) in [4.78, 5) is 24.3. The molecule has 1 amide bonds. The standard InChI is InChI=1S/C13H17N3O4/c1-3-15-10-6-7-11(16(18)19)12(20-2)8(10)4-5-9(14)13(15)17/h6-7,9H,3-5,14H2,1-2H3. The molecular formula is C13H17N3O4. The van der Waals surface area contributed by atoms with E-state index < -0.39 is 11.0 Å². The second-order valence-electron chi connectivity index (χ2n) is 4.60. The summed E-state index contributed by atoms with van der Waals surface area (Å²) in [7, 11) is 1.39. The SMILES string of the molecule is CCN1C(=O)C(N)CCc2c1ccc([N+](=O)[O-])c2OC. The van der Waals surface area contributed by atoms with Gasteiger partial charge in [-0.2, -0.15) is 0 Å². The Balaban J connectivity index is 2.64. The summed E-state index contributed by atoms with van der Waals surface area (Å²) in [5, 5.41) is 11.1. The fourth-order valence-corrected chi connectivity index (χ4v) is 2.54. The van der Waals surface area contributed by atoms with Crippen molar-refractivity contribution in [2.45, 2.75) is 25.8 Å². The minimum atomic E-state index is -0.592. The van der Waals surface area contributed by atoms with Gasteiger partial charge >= 0.3 is 5.69 Å². The van der Waals surface area contributed by atoms with Crippen LogP contribution in [0.1, 0.15) is 18.9 Å². The minimum absolute atomic E-state index is 0.0924. The monoisotopic (exact) mass is 279 g/mol. The van der Waals surface area contributed by atoms with Crippen molar-refractivity contribution in [1.29, 1.82) is 0 Å². The van der Waals surface area contributed by atoms with Crippen LogP contribution in [-0.2, 0) is 11.2 Å². The number of hydrogen-bond acceptors (Lipinski definition) is 5. The number of carbonyl (C=O) groups excluding carboxylic acids is 1. The quantitative estimate of drug-likeness (QED) is 0.662. The summed E-state index contributed by atoms with van der Waals surface area (Å²) in [6.45, 7) is 2.30. The molecule has 0 radical (unpaired) electrons. The molecule has 108 valence electrons. The highest BCUT2D eigenvalue weighted by atomic mass is 16.6. The van der Waals surface area contributed by atoms with Crippen LogP contribution in [0.4, 0.5) is 11.4 Å². The first-order chi connectivity index (χ1) is 9.51. The Morgan fingerprint density at radius 1 is 1.55 bits per heavy atom. The van der Waals surface area contributed by atoms with Crippen LogP contribution in [-0.4, -0.2) is 30.5 Å². The van der Waals surface area contributed by atoms with Crippen LogP contribution in [0.5, 0.6) is 5.75 Å². The lowest BCUT2D eigenvalue weighted by atomic mass is 10.0. The summed E-state index contributed by atoms with van der Waals surface area (Å²) in [5.74, 6) is 0.0509. The number of ether oxygens (including phenoxy) is 1. The molecule has 2 rings (SSSR count). The van der Waals surface area contributed by atoms with Crippen LogP contribution in [0.15, 0.2) is 12.1 Å². The van der Waals surface area contributed by atoms with E-state index in [2.05, 4.69) is 0 Å². The van der Waals surface area contributed by atoms with E-state index in [0.717, 1.165) is 0 Å². The van der Waals surface area contributed by atoms with Gasteiger partial charge in [-0.05, 0) is 25.8 Å². The Hall–Kier alpha value is -2.15. The summed E-state index contributed by atoms with van der Waals surface area (Å²) >= 11 is 0. The topological polar surface area (TPSA) is 98.7 Å². The molecule has 1 unspecified atom stereocenters. The third-order valence-electron chi connectivity index (χ3n) is 3.51. The fourth-order valence-electron chi connectivity index (χ4n) is 2.54. The molecule has 1 aromatic rings. The molecule has 2 N–H and O–H groups in total. The van der Waals surface area contributed by atoms with Crippen LogP contribution in [0.2, 0.25) is 0 Å². The highest BCUT2D eigenvalue weighted by molar-refractivity contribution is 5.99. The van der Waals surface area contributed by atoms with Gasteiger partial charge in [0.15, 0.2) is 0 Å². The lowest BCUT2D eigenvalue weighted by molar-refractivity contribution is -0.385. The molecule has 1 aliphatic rings. The van der Waals surface area contributed by atoms with Crippen molar-refractivity contribution >= 4 is 17.3 Å². The molecule has 7 heteroatoms. The Kier molecular flexibility index (Phi) is 3.89. The van der Waals surface area contributed by atoms with E-state index in [4.69, 9.17) is 10.5 Å². The predicted octanol–water partition coefficient (Wildman–Crippen LogP) is 1.23. The van der Waals surface area contributed by atoms with E-state index in [-0.39, 0.29) is 17.3 Å². The molecule has 1 aromatic carbocycles. The molecule has 1 heterocycles. The van der Waals surface area contributed by atoms with Crippen molar-refractivity contribution in [1.82, 2.24) is 0 Å². The third kappa shape index (κ3) is 2.20. The van der Waals surface area contributed by atoms with Crippen LogP contribution in [0, 0.1) is 10.1 Å². The van der Waals surface area contributed by atoms with E-state index in [1.807, 2.05) is 6.92 Å². The van der Waals surface area contributed by atoms with Crippen molar-refractivity contribution in [3.05, 3.63) is 27.8 Å². The molecule has 0 saturated heterocycles. The van der Waals surface area contributed by atoms with Crippen molar-refractivity contribution in [3.63, 3.8) is 0 Å². The van der Waals surface area contributed by atoms with E-state index in [0.29, 0.717) is 30.6 Å². The number of amides is 1. The summed E-state index contributed by atoms with van der Waals surface area (Å²) in [6.07, 6.45) is 0.920. The van der Waals surface area contributed by atoms with E-state index in [1.165, 1.54) is 13.2 Å². The van der Waals surface area contributed by atoms with Gasteiger partial charge in [0.05, 0.1) is 23.8 Å². The maximum absolute atomic E-state index is 12.2. The molecule has 0 saturated carbocycles. The number of fused-ring (bicyclic) bond motifs is 1. The maximum Gasteiger partial charge on any atom is 0.311 e. The zero-order valence-electron chi connectivity index (χ0n) is 11.5. The summed E-state index contributed by atoms with van der Waals surface area (Å²) in [6, 6.07) is 2.37. The van der Waals surface area contributed by atoms with Crippen molar-refractivity contribution in [2.75, 3.05) is 18.6 Å². The zero-order chi connectivity index (χ0) is 14.9. The molecule has 0 fully saturated rings. The third-order valence-corrected chi connectivity index (χ3v) is 3.51. The summed E-state index contributed by atoms with van der Waals surface area (Å²) in [5.41, 5.74) is 7.07. The zero-order valence-corrected chi connectivity index (χ0v) is 11.5. The Morgan fingerprint density at radius 2 is 2.25 bits per heavy atom.